The molecule has 2 unspecified atom stereocenters. The molecule has 1 aliphatic rings. The molecule has 1 fully saturated rings. The molecule has 2 atom stereocenters. The molecule has 0 radical (unpaired) electrons. The van der Waals surface area contributed by atoms with Gasteiger partial charge in [-0.15, -0.1) is 0 Å². The zero-order chi connectivity index (χ0) is 10.4. The van der Waals surface area contributed by atoms with Gasteiger partial charge in [0.05, 0.1) is 6.61 Å². The summed E-state index contributed by atoms with van der Waals surface area (Å²) in [7, 11) is 0. The zero-order valence-corrected chi connectivity index (χ0v) is 9.12. The van der Waals surface area contributed by atoms with Crippen LogP contribution in [0.4, 0.5) is 0 Å². The number of ketones is 1. The van der Waals surface area contributed by atoms with E-state index in [-0.39, 0.29) is 17.8 Å². The maximum absolute atomic E-state index is 11.9. The van der Waals surface area contributed by atoms with Crippen molar-refractivity contribution >= 4 is 5.78 Å². The number of ether oxygens (including phenoxy) is 2. The van der Waals surface area contributed by atoms with E-state index in [0.717, 1.165) is 25.9 Å². The molecule has 3 nitrogen and oxygen atoms in total. The maximum atomic E-state index is 11.9. The first-order valence-corrected chi connectivity index (χ1v) is 5.52. The van der Waals surface area contributed by atoms with Crippen LogP contribution in [-0.4, -0.2) is 31.7 Å². The van der Waals surface area contributed by atoms with Gasteiger partial charge < -0.3 is 9.47 Å². The van der Waals surface area contributed by atoms with Crippen molar-refractivity contribution in [3.05, 3.63) is 0 Å². The first-order valence-electron chi connectivity index (χ1n) is 5.52. The average Bonchev–Trinajstić information content (AvgIpc) is 2.26. The van der Waals surface area contributed by atoms with E-state index in [1.165, 1.54) is 0 Å². The number of Topliss-reactive ketones (excluding diaryl/α,β-unsaturated/α-hetero) is 1. The van der Waals surface area contributed by atoms with E-state index in [0.29, 0.717) is 13.2 Å². The van der Waals surface area contributed by atoms with Crippen molar-refractivity contribution in [3.63, 3.8) is 0 Å². The van der Waals surface area contributed by atoms with Gasteiger partial charge in [-0.1, -0.05) is 6.92 Å². The molecule has 1 heterocycles. The SMILES string of the molecule is CCOC(CC)C(=O)C1CCCOC1. The fourth-order valence-corrected chi connectivity index (χ4v) is 1.83. The summed E-state index contributed by atoms with van der Waals surface area (Å²) < 4.78 is 10.7. The molecule has 3 heteroatoms. The molecule has 1 aliphatic heterocycles. The fourth-order valence-electron chi connectivity index (χ4n) is 1.83. The minimum Gasteiger partial charge on any atom is -0.381 e. The largest absolute Gasteiger partial charge is 0.381 e. The van der Waals surface area contributed by atoms with Gasteiger partial charge in [0.1, 0.15) is 6.10 Å². The second-order valence-electron chi connectivity index (χ2n) is 3.67. The topological polar surface area (TPSA) is 35.5 Å². The summed E-state index contributed by atoms with van der Waals surface area (Å²) in [5, 5.41) is 0. The van der Waals surface area contributed by atoms with Crippen molar-refractivity contribution in [1.29, 1.82) is 0 Å². The Morgan fingerprint density at radius 1 is 1.57 bits per heavy atom. The summed E-state index contributed by atoms with van der Waals surface area (Å²) in [5.74, 6) is 0.300. The van der Waals surface area contributed by atoms with Gasteiger partial charge in [0.15, 0.2) is 5.78 Å². The van der Waals surface area contributed by atoms with E-state index in [1.54, 1.807) is 0 Å². The van der Waals surface area contributed by atoms with Crippen molar-refractivity contribution in [3.8, 4) is 0 Å². The summed E-state index contributed by atoms with van der Waals surface area (Å²) >= 11 is 0. The second kappa shape index (κ2) is 6.14. The van der Waals surface area contributed by atoms with Gasteiger partial charge >= 0.3 is 0 Å². The summed E-state index contributed by atoms with van der Waals surface area (Å²) in [6, 6.07) is 0. The number of carbonyl (C=O) groups excluding carboxylic acids is 1. The molecule has 0 aromatic carbocycles. The first-order chi connectivity index (χ1) is 6.79. The highest BCUT2D eigenvalue weighted by Gasteiger charge is 2.27. The van der Waals surface area contributed by atoms with Crippen molar-refractivity contribution in [2.75, 3.05) is 19.8 Å². The molecule has 82 valence electrons. The van der Waals surface area contributed by atoms with Crippen LogP contribution in [0.3, 0.4) is 0 Å². The Morgan fingerprint density at radius 3 is 2.86 bits per heavy atom. The standard InChI is InChI=1S/C11H20O3/c1-3-10(14-4-2)11(12)9-6-5-7-13-8-9/h9-10H,3-8H2,1-2H3. The van der Waals surface area contributed by atoms with Crippen molar-refractivity contribution < 1.29 is 14.3 Å². The number of rotatable bonds is 5. The first kappa shape index (κ1) is 11.7. The number of carbonyl (C=O) groups is 1. The van der Waals surface area contributed by atoms with Gasteiger partial charge in [0.2, 0.25) is 0 Å². The average molecular weight is 200 g/mol. The van der Waals surface area contributed by atoms with Crippen molar-refractivity contribution in [2.24, 2.45) is 5.92 Å². The van der Waals surface area contributed by atoms with Crippen LogP contribution in [0.2, 0.25) is 0 Å². The van der Waals surface area contributed by atoms with Crippen LogP contribution in [0.1, 0.15) is 33.1 Å². The molecule has 0 amide bonds. The normalized spacial score (nSPS) is 24.6. The van der Waals surface area contributed by atoms with Crippen LogP contribution in [0, 0.1) is 5.92 Å². The van der Waals surface area contributed by atoms with E-state index in [9.17, 15) is 4.79 Å². The van der Waals surface area contributed by atoms with Gasteiger partial charge in [-0.2, -0.15) is 0 Å². The highest BCUT2D eigenvalue weighted by Crippen LogP contribution is 2.18. The van der Waals surface area contributed by atoms with E-state index >= 15 is 0 Å². The molecule has 0 saturated carbocycles. The lowest BCUT2D eigenvalue weighted by atomic mass is 9.93. The molecule has 0 aliphatic carbocycles. The lowest BCUT2D eigenvalue weighted by Gasteiger charge is -2.24. The van der Waals surface area contributed by atoms with E-state index in [2.05, 4.69) is 0 Å². The predicted octanol–water partition coefficient (Wildman–Crippen LogP) is 1.80. The van der Waals surface area contributed by atoms with Gasteiger partial charge in [0.25, 0.3) is 0 Å². The Morgan fingerprint density at radius 2 is 2.36 bits per heavy atom. The Balaban J connectivity index is 2.43. The van der Waals surface area contributed by atoms with Crippen LogP contribution in [0.5, 0.6) is 0 Å². The highest BCUT2D eigenvalue weighted by molar-refractivity contribution is 5.85. The van der Waals surface area contributed by atoms with Crippen LogP contribution in [-0.2, 0) is 14.3 Å². The molecule has 1 rings (SSSR count). The van der Waals surface area contributed by atoms with Crippen molar-refractivity contribution in [1.82, 2.24) is 0 Å². The fraction of sp³-hybridized carbons (Fsp3) is 0.909. The third-order valence-corrected chi connectivity index (χ3v) is 2.62. The Kier molecular flexibility index (Phi) is 5.12. The van der Waals surface area contributed by atoms with Crippen LogP contribution in [0.25, 0.3) is 0 Å². The van der Waals surface area contributed by atoms with E-state index in [1.807, 2.05) is 13.8 Å². The van der Waals surface area contributed by atoms with Crippen LogP contribution < -0.4 is 0 Å². The Bertz CT molecular complexity index is 167. The monoisotopic (exact) mass is 200 g/mol. The Labute approximate surface area is 85.8 Å². The van der Waals surface area contributed by atoms with Gasteiger partial charge in [-0.05, 0) is 26.2 Å². The molecule has 0 spiro atoms. The molecule has 0 bridgehead atoms. The van der Waals surface area contributed by atoms with Gasteiger partial charge in [-0.3, -0.25) is 4.79 Å². The van der Waals surface area contributed by atoms with Gasteiger partial charge in [0, 0.05) is 19.1 Å². The minimum absolute atomic E-state index is 0.0697. The Hall–Kier alpha value is -0.410. The molecule has 0 N–H and O–H groups in total. The summed E-state index contributed by atoms with van der Waals surface area (Å²) in [4.78, 5) is 11.9. The third-order valence-electron chi connectivity index (χ3n) is 2.62. The summed E-state index contributed by atoms with van der Waals surface area (Å²) in [6.45, 7) is 5.91. The molecule has 0 aromatic rings. The van der Waals surface area contributed by atoms with Crippen LogP contribution >= 0.6 is 0 Å². The molecule has 14 heavy (non-hydrogen) atoms. The maximum Gasteiger partial charge on any atom is 0.166 e. The lowest BCUT2D eigenvalue weighted by molar-refractivity contribution is -0.138. The minimum atomic E-state index is -0.216. The molecular weight excluding hydrogens is 180 g/mol. The smallest absolute Gasteiger partial charge is 0.166 e. The quantitative estimate of drug-likeness (QED) is 0.678. The zero-order valence-electron chi connectivity index (χ0n) is 9.12. The molecular formula is C11H20O3. The number of hydrogen-bond donors (Lipinski definition) is 0. The number of hydrogen-bond acceptors (Lipinski definition) is 3. The molecule has 1 saturated heterocycles. The second-order valence-corrected chi connectivity index (χ2v) is 3.67. The lowest BCUT2D eigenvalue weighted by Crippen LogP contribution is -2.35. The third kappa shape index (κ3) is 3.07. The van der Waals surface area contributed by atoms with E-state index in [4.69, 9.17) is 9.47 Å². The molecule has 0 aromatic heterocycles. The van der Waals surface area contributed by atoms with Gasteiger partial charge in [-0.25, -0.2) is 0 Å². The summed E-state index contributed by atoms with van der Waals surface area (Å²) in [6.07, 6.45) is 2.51. The summed E-state index contributed by atoms with van der Waals surface area (Å²) in [5.41, 5.74) is 0. The van der Waals surface area contributed by atoms with E-state index < -0.39 is 0 Å². The highest BCUT2D eigenvalue weighted by atomic mass is 16.5. The predicted molar refractivity (Wildman–Crippen MR) is 54.3 cm³/mol. The van der Waals surface area contributed by atoms with Crippen LogP contribution in [0.15, 0.2) is 0 Å². The van der Waals surface area contributed by atoms with Crippen molar-refractivity contribution in [2.45, 2.75) is 39.2 Å².